The van der Waals surface area contributed by atoms with E-state index in [0.717, 1.165) is 44.0 Å². The van der Waals surface area contributed by atoms with E-state index in [2.05, 4.69) is 11.5 Å². The molecule has 1 aromatic rings. The van der Waals surface area contributed by atoms with Crippen LogP contribution in [0.2, 0.25) is 0 Å². The van der Waals surface area contributed by atoms with Crippen LogP contribution in [0.5, 0.6) is 0 Å². The van der Waals surface area contributed by atoms with E-state index in [9.17, 15) is 4.79 Å². The Hall–Kier alpha value is -1.39. The zero-order valence-electron chi connectivity index (χ0n) is 11.1. The minimum atomic E-state index is 0.119. The minimum absolute atomic E-state index is 0.119. The summed E-state index contributed by atoms with van der Waals surface area (Å²) in [5.41, 5.74) is 0. The molecule has 0 saturated carbocycles. The number of nitrogens with zero attached hydrogens (tertiary/aromatic N) is 2. The van der Waals surface area contributed by atoms with E-state index in [-0.39, 0.29) is 5.91 Å². The summed E-state index contributed by atoms with van der Waals surface area (Å²) in [5, 5.41) is 2.02. The molecule has 2 heterocycles. The highest BCUT2D eigenvalue weighted by Crippen LogP contribution is 2.11. The number of carbonyl (C=O) groups excluding carboxylic acids is 1. The molecule has 0 aliphatic carbocycles. The van der Waals surface area contributed by atoms with E-state index in [1.165, 1.54) is 0 Å². The second-order valence-corrected chi connectivity index (χ2v) is 5.60. The highest BCUT2D eigenvalue weighted by molar-refractivity contribution is 7.10. The average Bonchev–Trinajstić information content (AvgIpc) is 2.82. The molecule has 1 fully saturated rings. The van der Waals surface area contributed by atoms with Crippen LogP contribution in [0, 0.1) is 0 Å². The van der Waals surface area contributed by atoms with Gasteiger partial charge in [0.15, 0.2) is 0 Å². The Morgan fingerprint density at radius 3 is 3.00 bits per heavy atom. The Balaban J connectivity index is 1.87. The van der Waals surface area contributed by atoms with Gasteiger partial charge in [-0.1, -0.05) is 12.1 Å². The third kappa shape index (κ3) is 4.33. The number of thiophene rings is 1. The molecular formula is C15H20N2OS. The van der Waals surface area contributed by atoms with E-state index in [1.807, 2.05) is 34.6 Å². The Morgan fingerprint density at radius 2 is 2.26 bits per heavy atom. The van der Waals surface area contributed by atoms with Crippen molar-refractivity contribution in [2.75, 3.05) is 32.7 Å². The Morgan fingerprint density at radius 1 is 1.37 bits per heavy atom. The lowest BCUT2D eigenvalue weighted by Gasteiger charge is -2.19. The van der Waals surface area contributed by atoms with E-state index in [1.54, 1.807) is 17.4 Å². The van der Waals surface area contributed by atoms with Crippen LogP contribution in [0.3, 0.4) is 0 Å². The fourth-order valence-corrected chi connectivity index (χ4v) is 2.82. The van der Waals surface area contributed by atoms with E-state index in [0.29, 0.717) is 0 Å². The quantitative estimate of drug-likeness (QED) is 0.623. The molecule has 1 aliphatic rings. The first kappa shape index (κ1) is 14.0. The Kier molecular flexibility index (Phi) is 5.36. The van der Waals surface area contributed by atoms with Crippen LogP contribution in [0.15, 0.2) is 36.2 Å². The molecule has 1 aliphatic heterocycles. The monoisotopic (exact) mass is 276 g/mol. The van der Waals surface area contributed by atoms with Crippen molar-refractivity contribution in [3.63, 3.8) is 0 Å². The summed E-state index contributed by atoms with van der Waals surface area (Å²) in [6.45, 7) is 8.31. The summed E-state index contributed by atoms with van der Waals surface area (Å²) in [6.07, 6.45) is 6.55. The number of hydrogen-bond acceptors (Lipinski definition) is 3. The summed E-state index contributed by atoms with van der Waals surface area (Å²) in [4.78, 5) is 17.5. The van der Waals surface area contributed by atoms with Gasteiger partial charge in [-0.15, -0.1) is 17.9 Å². The van der Waals surface area contributed by atoms with Crippen molar-refractivity contribution in [2.24, 2.45) is 0 Å². The number of amides is 1. The maximum Gasteiger partial charge on any atom is 0.246 e. The van der Waals surface area contributed by atoms with Crippen LogP contribution < -0.4 is 0 Å². The molecule has 4 heteroatoms. The van der Waals surface area contributed by atoms with Crippen molar-refractivity contribution in [2.45, 2.75) is 6.42 Å². The molecule has 3 nitrogen and oxygen atoms in total. The van der Waals surface area contributed by atoms with Gasteiger partial charge in [-0.2, -0.15) is 0 Å². The van der Waals surface area contributed by atoms with Crippen LogP contribution in [0.4, 0.5) is 0 Å². The molecule has 1 amide bonds. The van der Waals surface area contributed by atoms with Crippen molar-refractivity contribution in [1.29, 1.82) is 0 Å². The molecule has 0 N–H and O–H groups in total. The van der Waals surface area contributed by atoms with Gasteiger partial charge < -0.3 is 4.90 Å². The molecule has 0 aromatic carbocycles. The SMILES string of the molecule is C=CCN1CCCN(C(=O)/C=C/c2cccs2)CC1. The van der Waals surface area contributed by atoms with Crippen molar-refractivity contribution >= 4 is 23.3 Å². The largest absolute Gasteiger partial charge is 0.338 e. The molecule has 0 atom stereocenters. The molecule has 102 valence electrons. The first-order chi connectivity index (χ1) is 9.29. The van der Waals surface area contributed by atoms with Gasteiger partial charge >= 0.3 is 0 Å². The lowest BCUT2D eigenvalue weighted by Crippen LogP contribution is -2.34. The van der Waals surface area contributed by atoms with Crippen molar-refractivity contribution in [1.82, 2.24) is 9.80 Å². The minimum Gasteiger partial charge on any atom is -0.338 e. The summed E-state index contributed by atoms with van der Waals surface area (Å²) in [5.74, 6) is 0.119. The maximum absolute atomic E-state index is 12.1. The molecule has 0 bridgehead atoms. The van der Waals surface area contributed by atoms with Gasteiger partial charge in [0.05, 0.1) is 0 Å². The summed E-state index contributed by atoms with van der Waals surface area (Å²) in [7, 11) is 0. The summed E-state index contributed by atoms with van der Waals surface area (Å²) >= 11 is 1.65. The molecule has 2 rings (SSSR count). The zero-order valence-corrected chi connectivity index (χ0v) is 11.9. The van der Waals surface area contributed by atoms with Crippen LogP contribution in [0.25, 0.3) is 6.08 Å². The second-order valence-electron chi connectivity index (χ2n) is 4.62. The van der Waals surface area contributed by atoms with Gasteiger partial charge in [0.25, 0.3) is 0 Å². The Labute approximate surface area is 118 Å². The third-order valence-electron chi connectivity index (χ3n) is 3.22. The molecule has 1 aromatic heterocycles. The molecule has 1 saturated heterocycles. The number of carbonyl (C=O) groups is 1. The zero-order chi connectivity index (χ0) is 13.5. The second kappa shape index (κ2) is 7.26. The van der Waals surface area contributed by atoms with Gasteiger partial charge in [-0.3, -0.25) is 9.69 Å². The smallest absolute Gasteiger partial charge is 0.246 e. The predicted molar refractivity (Wildman–Crippen MR) is 81.2 cm³/mol. The Bertz CT molecular complexity index is 439. The van der Waals surface area contributed by atoms with Crippen molar-refractivity contribution < 1.29 is 4.79 Å². The fraction of sp³-hybridized carbons (Fsp3) is 0.400. The standard InChI is InChI=1S/C15H20N2OS/c1-2-8-16-9-4-10-17(12-11-16)15(18)7-6-14-5-3-13-19-14/h2-3,5-7,13H,1,4,8-12H2/b7-6+. The van der Waals surface area contributed by atoms with Crippen LogP contribution in [-0.2, 0) is 4.79 Å². The average molecular weight is 276 g/mol. The lowest BCUT2D eigenvalue weighted by atomic mass is 10.3. The topological polar surface area (TPSA) is 23.6 Å². The van der Waals surface area contributed by atoms with Crippen molar-refractivity contribution in [3.05, 3.63) is 41.1 Å². The first-order valence-corrected chi connectivity index (χ1v) is 7.51. The molecular weight excluding hydrogens is 256 g/mol. The highest BCUT2D eigenvalue weighted by atomic mass is 32.1. The van der Waals surface area contributed by atoms with E-state index in [4.69, 9.17) is 0 Å². The van der Waals surface area contributed by atoms with Crippen LogP contribution in [-0.4, -0.2) is 48.4 Å². The molecule has 0 radical (unpaired) electrons. The van der Waals surface area contributed by atoms with Crippen LogP contribution in [0.1, 0.15) is 11.3 Å². The van der Waals surface area contributed by atoms with Gasteiger partial charge in [0.2, 0.25) is 5.91 Å². The maximum atomic E-state index is 12.1. The fourth-order valence-electron chi connectivity index (χ4n) is 2.20. The number of hydrogen-bond donors (Lipinski definition) is 0. The molecule has 19 heavy (non-hydrogen) atoms. The van der Waals surface area contributed by atoms with Gasteiger partial charge in [0, 0.05) is 43.7 Å². The van der Waals surface area contributed by atoms with E-state index < -0.39 is 0 Å². The van der Waals surface area contributed by atoms with Crippen LogP contribution >= 0.6 is 11.3 Å². The highest BCUT2D eigenvalue weighted by Gasteiger charge is 2.16. The number of rotatable bonds is 4. The summed E-state index contributed by atoms with van der Waals surface area (Å²) < 4.78 is 0. The molecule has 0 spiro atoms. The lowest BCUT2D eigenvalue weighted by molar-refractivity contribution is -0.125. The van der Waals surface area contributed by atoms with E-state index >= 15 is 0 Å². The molecule has 0 unspecified atom stereocenters. The normalized spacial score (nSPS) is 17.6. The third-order valence-corrected chi connectivity index (χ3v) is 4.06. The van der Waals surface area contributed by atoms with Crippen molar-refractivity contribution in [3.8, 4) is 0 Å². The van der Waals surface area contributed by atoms with Gasteiger partial charge in [-0.25, -0.2) is 0 Å². The first-order valence-electron chi connectivity index (χ1n) is 6.63. The van der Waals surface area contributed by atoms with Gasteiger partial charge in [0.1, 0.15) is 0 Å². The van der Waals surface area contributed by atoms with Gasteiger partial charge in [-0.05, 0) is 23.9 Å². The summed E-state index contributed by atoms with van der Waals surface area (Å²) in [6, 6.07) is 4.01. The predicted octanol–water partition coefficient (Wildman–Crippen LogP) is 2.48.